The summed E-state index contributed by atoms with van der Waals surface area (Å²) in [5, 5.41) is 8.60. The Kier molecular flexibility index (Phi) is 2.78. The minimum atomic E-state index is -4.48. The third kappa shape index (κ3) is 2.69. The highest BCUT2D eigenvalue weighted by Gasteiger charge is 2.28. The molecule has 1 N–H and O–H groups in total. The fraction of sp³-hybridized carbons (Fsp3) is 0.111. The molecular formula is C9H6F3N3S. The van der Waals surface area contributed by atoms with Crippen molar-refractivity contribution in [2.75, 3.05) is 5.32 Å². The van der Waals surface area contributed by atoms with Gasteiger partial charge in [0.2, 0.25) is 5.13 Å². The van der Waals surface area contributed by atoms with Gasteiger partial charge in [-0.3, -0.25) is 5.32 Å². The van der Waals surface area contributed by atoms with E-state index >= 15 is 0 Å². The molecule has 0 saturated heterocycles. The van der Waals surface area contributed by atoms with Crippen molar-refractivity contribution in [2.45, 2.75) is 6.30 Å². The zero-order valence-electron chi connectivity index (χ0n) is 7.82. The fourth-order valence-electron chi connectivity index (χ4n) is 1.09. The van der Waals surface area contributed by atoms with E-state index in [9.17, 15) is 13.2 Å². The molecule has 2 aromatic rings. The molecule has 0 aliphatic heterocycles. The molecule has 0 spiro atoms. The lowest BCUT2D eigenvalue weighted by Crippen LogP contribution is -2.20. The van der Waals surface area contributed by atoms with Crippen LogP contribution in [-0.4, -0.2) is 16.5 Å². The summed E-state index contributed by atoms with van der Waals surface area (Å²) in [5.41, 5.74) is 0.746. The van der Waals surface area contributed by atoms with Crippen molar-refractivity contribution >= 4 is 16.5 Å². The van der Waals surface area contributed by atoms with Gasteiger partial charge in [-0.05, 0) is 0 Å². The SMILES string of the molecule is FC(F)(F)Nc1nnc(-c2ccccc2)s1. The van der Waals surface area contributed by atoms with Gasteiger partial charge in [0.1, 0.15) is 5.01 Å². The number of anilines is 1. The topological polar surface area (TPSA) is 37.8 Å². The first kappa shape index (κ1) is 10.9. The number of nitrogens with zero attached hydrogens (tertiary/aromatic N) is 2. The minimum absolute atomic E-state index is 0.258. The Balaban J connectivity index is 2.21. The third-order valence-electron chi connectivity index (χ3n) is 1.69. The van der Waals surface area contributed by atoms with Crippen molar-refractivity contribution in [1.29, 1.82) is 0 Å². The molecule has 1 aromatic carbocycles. The van der Waals surface area contributed by atoms with Gasteiger partial charge < -0.3 is 0 Å². The molecule has 0 bridgehead atoms. The number of nitrogens with one attached hydrogen (secondary N) is 1. The Hall–Kier alpha value is -1.63. The average molecular weight is 245 g/mol. The van der Waals surface area contributed by atoms with Gasteiger partial charge in [-0.1, -0.05) is 41.7 Å². The summed E-state index contributed by atoms with van der Waals surface area (Å²) in [5.74, 6) is 0. The molecule has 1 heterocycles. The first-order valence-corrected chi connectivity index (χ1v) is 5.10. The highest BCUT2D eigenvalue weighted by atomic mass is 32.1. The standard InChI is InChI=1S/C9H6F3N3S/c10-9(11,12)13-8-15-14-7(16-8)6-4-2-1-3-5-6/h1-5H,(H,13,15). The number of rotatable bonds is 2. The summed E-state index contributed by atoms with van der Waals surface area (Å²) in [7, 11) is 0. The lowest BCUT2D eigenvalue weighted by Gasteiger charge is -2.04. The highest BCUT2D eigenvalue weighted by molar-refractivity contribution is 7.18. The highest BCUT2D eigenvalue weighted by Crippen LogP contribution is 2.28. The Morgan fingerprint density at radius 2 is 1.75 bits per heavy atom. The van der Waals surface area contributed by atoms with Gasteiger partial charge in [0, 0.05) is 5.56 Å². The van der Waals surface area contributed by atoms with E-state index in [-0.39, 0.29) is 5.13 Å². The Labute approximate surface area is 92.9 Å². The first-order chi connectivity index (χ1) is 7.54. The molecule has 16 heavy (non-hydrogen) atoms. The fourth-order valence-corrected chi connectivity index (χ4v) is 1.86. The van der Waals surface area contributed by atoms with E-state index < -0.39 is 6.30 Å². The van der Waals surface area contributed by atoms with Gasteiger partial charge in [0.05, 0.1) is 0 Å². The van der Waals surface area contributed by atoms with E-state index in [1.165, 1.54) is 5.32 Å². The van der Waals surface area contributed by atoms with Crippen LogP contribution >= 0.6 is 11.3 Å². The number of hydrogen-bond acceptors (Lipinski definition) is 4. The largest absolute Gasteiger partial charge is 0.484 e. The van der Waals surface area contributed by atoms with Crippen molar-refractivity contribution in [3.05, 3.63) is 30.3 Å². The van der Waals surface area contributed by atoms with Gasteiger partial charge in [-0.25, -0.2) is 0 Å². The molecule has 0 radical (unpaired) electrons. The molecule has 0 aliphatic carbocycles. The van der Waals surface area contributed by atoms with E-state index in [0.29, 0.717) is 5.01 Å². The quantitative estimate of drug-likeness (QED) is 0.826. The van der Waals surface area contributed by atoms with Crippen LogP contribution in [0.2, 0.25) is 0 Å². The van der Waals surface area contributed by atoms with Crippen LogP contribution in [0.5, 0.6) is 0 Å². The van der Waals surface area contributed by atoms with Crippen molar-refractivity contribution in [2.24, 2.45) is 0 Å². The maximum absolute atomic E-state index is 12.0. The summed E-state index contributed by atoms with van der Waals surface area (Å²) < 4.78 is 35.9. The lowest BCUT2D eigenvalue weighted by atomic mass is 10.2. The van der Waals surface area contributed by atoms with Crippen LogP contribution in [0.4, 0.5) is 18.3 Å². The summed E-state index contributed by atoms with van der Waals surface area (Å²) in [4.78, 5) is 0. The maximum Gasteiger partial charge on any atom is 0.484 e. The zero-order valence-corrected chi connectivity index (χ0v) is 8.64. The van der Waals surface area contributed by atoms with E-state index in [0.717, 1.165) is 16.9 Å². The zero-order chi connectivity index (χ0) is 11.6. The van der Waals surface area contributed by atoms with Crippen LogP contribution < -0.4 is 5.32 Å². The van der Waals surface area contributed by atoms with Crippen molar-refractivity contribution in [1.82, 2.24) is 10.2 Å². The van der Waals surface area contributed by atoms with Gasteiger partial charge in [0.25, 0.3) is 0 Å². The second kappa shape index (κ2) is 4.09. The normalized spacial score (nSPS) is 11.4. The molecule has 1 aromatic heterocycles. The molecule has 84 valence electrons. The molecule has 2 rings (SSSR count). The van der Waals surface area contributed by atoms with Gasteiger partial charge >= 0.3 is 6.30 Å². The van der Waals surface area contributed by atoms with E-state index in [4.69, 9.17) is 0 Å². The molecule has 0 atom stereocenters. The molecule has 3 nitrogen and oxygen atoms in total. The summed E-state index contributed by atoms with van der Waals surface area (Å²) in [6.45, 7) is 0. The van der Waals surface area contributed by atoms with Crippen LogP contribution in [0.3, 0.4) is 0 Å². The second-order valence-electron chi connectivity index (χ2n) is 2.90. The Bertz CT molecular complexity index is 466. The number of hydrogen-bond donors (Lipinski definition) is 1. The van der Waals surface area contributed by atoms with E-state index in [1.54, 1.807) is 24.3 Å². The molecule has 0 saturated carbocycles. The molecule has 0 fully saturated rings. The summed E-state index contributed by atoms with van der Waals surface area (Å²) in [6, 6.07) is 8.91. The molecule has 0 amide bonds. The lowest BCUT2D eigenvalue weighted by molar-refractivity contribution is -0.0999. The van der Waals surface area contributed by atoms with Crippen molar-refractivity contribution in [3.8, 4) is 10.6 Å². The molecular weight excluding hydrogens is 239 g/mol. The third-order valence-corrected chi connectivity index (χ3v) is 2.58. The Morgan fingerprint density at radius 1 is 1.06 bits per heavy atom. The Morgan fingerprint density at radius 3 is 2.38 bits per heavy atom. The van der Waals surface area contributed by atoms with Crippen molar-refractivity contribution in [3.63, 3.8) is 0 Å². The van der Waals surface area contributed by atoms with Crippen molar-refractivity contribution < 1.29 is 13.2 Å². The number of alkyl halides is 3. The summed E-state index contributed by atoms with van der Waals surface area (Å²) >= 11 is 0.860. The maximum atomic E-state index is 12.0. The minimum Gasteiger partial charge on any atom is -0.272 e. The second-order valence-corrected chi connectivity index (χ2v) is 3.88. The number of benzene rings is 1. The van der Waals surface area contributed by atoms with Crippen LogP contribution in [0, 0.1) is 0 Å². The van der Waals surface area contributed by atoms with Crippen LogP contribution in [-0.2, 0) is 0 Å². The summed E-state index contributed by atoms with van der Waals surface area (Å²) in [6.07, 6.45) is -4.48. The monoisotopic (exact) mass is 245 g/mol. The van der Waals surface area contributed by atoms with E-state index in [2.05, 4.69) is 10.2 Å². The predicted molar refractivity (Wildman–Crippen MR) is 55.0 cm³/mol. The predicted octanol–water partition coefficient (Wildman–Crippen LogP) is 3.14. The smallest absolute Gasteiger partial charge is 0.272 e. The van der Waals surface area contributed by atoms with Gasteiger partial charge in [-0.2, -0.15) is 13.2 Å². The average Bonchev–Trinajstić information content (AvgIpc) is 2.65. The van der Waals surface area contributed by atoms with Crippen LogP contribution in [0.1, 0.15) is 0 Å². The van der Waals surface area contributed by atoms with Gasteiger partial charge in [-0.15, -0.1) is 10.2 Å². The molecule has 0 unspecified atom stereocenters. The first-order valence-electron chi connectivity index (χ1n) is 4.28. The molecule has 7 heteroatoms. The van der Waals surface area contributed by atoms with Gasteiger partial charge in [0.15, 0.2) is 0 Å². The van der Waals surface area contributed by atoms with E-state index in [1.807, 2.05) is 6.07 Å². The van der Waals surface area contributed by atoms with Crippen LogP contribution in [0.25, 0.3) is 10.6 Å². The molecule has 0 aliphatic rings. The number of aromatic nitrogens is 2. The van der Waals surface area contributed by atoms with Crippen LogP contribution in [0.15, 0.2) is 30.3 Å². The number of halogens is 3.